The highest BCUT2D eigenvalue weighted by Crippen LogP contribution is 2.32. The molecule has 0 N–H and O–H groups in total. The molecule has 0 heterocycles. The molecule has 0 aromatic heterocycles. The van der Waals surface area contributed by atoms with Crippen molar-refractivity contribution in [3.63, 3.8) is 0 Å². The Morgan fingerprint density at radius 2 is 1.79 bits per heavy atom. The van der Waals surface area contributed by atoms with Crippen LogP contribution in [0.4, 0.5) is 0 Å². The summed E-state index contributed by atoms with van der Waals surface area (Å²) < 4.78 is 33.5. The number of esters is 1. The van der Waals surface area contributed by atoms with E-state index in [1.54, 1.807) is 0 Å². The van der Waals surface area contributed by atoms with Gasteiger partial charge in [0.25, 0.3) is 10.1 Å². The topological polar surface area (TPSA) is 69.7 Å². The number of carbonyl (C=O) groups excluding carboxylic acids is 1. The Morgan fingerprint density at radius 3 is 2.45 bits per heavy atom. The van der Waals surface area contributed by atoms with Crippen LogP contribution in [0.1, 0.15) is 66.4 Å². The fourth-order valence-electron chi connectivity index (χ4n) is 4.85. The van der Waals surface area contributed by atoms with Crippen LogP contribution in [0.15, 0.2) is 42.5 Å². The van der Waals surface area contributed by atoms with Gasteiger partial charge in [0.2, 0.25) is 0 Å². The molecule has 0 amide bonds. The number of ether oxygens (including phenoxy) is 1. The molecular weight excluding hydrogens is 436 g/mol. The lowest BCUT2D eigenvalue weighted by Crippen LogP contribution is -2.18. The average molecular weight is 473 g/mol. The van der Waals surface area contributed by atoms with Crippen LogP contribution in [-0.4, -0.2) is 34.4 Å². The summed E-state index contributed by atoms with van der Waals surface area (Å²) in [6.45, 7) is 2.21. The van der Waals surface area contributed by atoms with E-state index < -0.39 is 10.1 Å². The lowest BCUT2D eigenvalue weighted by molar-refractivity contribution is 0.0601. The zero-order valence-corrected chi connectivity index (χ0v) is 20.8. The van der Waals surface area contributed by atoms with E-state index in [0.717, 1.165) is 47.3 Å². The minimum Gasteiger partial charge on any atom is -0.465 e. The molecule has 6 heteroatoms. The Bertz CT molecular complexity index is 1040. The third kappa shape index (κ3) is 7.68. The van der Waals surface area contributed by atoms with Crippen LogP contribution in [0, 0.1) is 18.8 Å². The van der Waals surface area contributed by atoms with E-state index in [9.17, 15) is 13.2 Å². The lowest BCUT2D eigenvalue weighted by Gasteiger charge is -2.24. The molecule has 0 aliphatic heterocycles. The molecule has 1 aliphatic rings. The molecule has 0 bridgehead atoms. The highest BCUT2D eigenvalue weighted by molar-refractivity contribution is 7.85. The van der Waals surface area contributed by atoms with Gasteiger partial charge in [0, 0.05) is 0 Å². The molecule has 0 spiro atoms. The summed E-state index contributed by atoms with van der Waals surface area (Å²) in [4.78, 5) is 12.4. The van der Waals surface area contributed by atoms with Crippen LogP contribution in [0.5, 0.6) is 0 Å². The largest absolute Gasteiger partial charge is 0.465 e. The number of aryl methyl sites for hydroxylation is 1. The van der Waals surface area contributed by atoms with Gasteiger partial charge in [-0.3, -0.25) is 4.18 Å². The second-order valence-corrected chi connectivity index (χ2v) is 11.0. The van der Waals surface area contributed by atoms with Gasteiger partial charge >= 0.3 is 5.97 Å². The van der Waals surface area contributed by atoms with Gasteiger partial charge < -0.3 is 4.74 Å². The highest BCUT2D eigenvalue weighted by Gasteiger charge is 2.20. The number of benzene rings is 2. The molecule has 3 rings (SSSR count). The SMILES string of the molecule is COC(=O)c1ccc(CC(CCC2CCCCC2)COS(C)(=O)=O)cc1-c1ccccc1C. The minimum absolute atomic E-state index is 0.0929. The summed E-state index contributed by atoms with van der Waals surface area (Å²) in [6.07, 6.45) is 10.3. The van der Waals surface area contributed by atoms with E-state index in [2.05, 4.69) is 0 Å². The average Bonchev–Trinajstić information content (AvgIpc) is 2.80. The standard InChI is InChI=1S/C27H36O5S/c1-20-9-7-8-12-24(20)26-18-22(15-16-25(26)27(28)31-2)17-23(19-32-33(3,29)30)14-13-21-10-5-4-6-11-21/h7-9,12,15-16,18,21,23H,4-6,10-11,13-14,17,19H2,1-3H3. The predicted octanol–water partition coefficient (Wildman–Crippen LogP) is 5.94. The second kappa shape index (κ2) is 11.8. The summed E-state index contributed by atoms with van der Waals surface area (Å²) in [7, 11) is -2.10. The molecule has 1 atom stereocenters. The molecule has 1 fully saturated rings. The van der Waals surface area contributed by atoms with Crippen molar-refractivity contribution in [3.8, 4) is 11.1 Å². The predicted molar refractivity (Wildman–Crippen MR) is 132 cm³/mol. The molecule has 0 radical (unpaired) electrons. The fourth-order valence-corrected chi connectivity index (χ4v) is 5.29. The quantitative estimate of drug-likeness (QED) is 0.316. The molecule has 1 unspecified atom stereocenters. The third-order valence-electron chi connectivity index (χ3n) is 6.67. The molecule has 2 aromatic rings. The Labute approximate surface area is 198 Å². The maximum atomic E-state index is 12.4. The van der Waals surface area contributed by atoms with Crippen LogP contribution in [-0.2, 0) is 25.5 Å². The van der Waals surface area contributed by atoms with Gasteiger partial charge in [-0.05, 0) is 59.9 Å². The van der Waals surface area contributed by atoms with Crippen molar-refractivity contribution >= 4 is 16.1 Å². The molecule has 1 saturated carbocycles. The van der Waals surface area contributed by atoms with Crippen molar-refractivity contribution < 1.29 is 22.1 Å². The molecule has 33 heavy (non-hydrogen) atoms. The van der Waals surface area contributed by atoms with Crippen molar-refractivity contribution in [2.45, 2.75) is 58.3 Å². The van der Waals surface area contributed by atoms with E-state index in [-0.39, 0.29) is 18.5 Å². The van der Waals surface area contributed by atoms with Crippen LogP contribution in [0.25, 0.3) is 11.1 Å². The summed E-state index contributed by atoms with van der Waals surface area (Å²) in [5.74, 6) is 0.452. The lowest BCUT2D eigenvalue weighted by atomic mass is 9.83. The highest BCUT2D eigenvalue weighted by atomic mass is 32.2. The van der Waals surface area contributed by atoms with Crippen molar-refractivity contribution in [2.24, 2.45) is 11.8 Å². The van der Waals surface area contributed by atoms with Gasteiger partial charge in [-0.2, -0.15) is 8.42 Å². The first kappa shape index (κ1) is 25.4. The van der Waals surface area contributed by atoms with Crippen molar-refractivity contribution in [2.75, 3.05) is 20.0 Å². The van der Waals surface area contributed by atoms with Crippen molar-refractivity contribution in [1.29, 1.82) is 0 Å². The first-order valence-corrected chi connectivity index (χ1v) is 13.7. The van der Waals surface area contributed by atoms with Gasteiger partial charge in [0.15, 0.2) is 0 Å². The first-order chi connectivity index (χ1) is 15.8. The van der Waals surface area contributed by atoms with Crippen LogP contribution in [0.2, 0.25) is 0 Å². The Balaban J connectivity index is 1.84. The summed E-state index contributed by atoms with van der Waals surface area (Å²) in [5, 5.41) is 0. The number of hydrogen-bond acceptors (Lipinski definition) is 5. The van der Waals surface area contributed by atoms with Crippen molar-refractivity contribution in [1.82, 2.24) is 0 Å². The maximum absolute atomic E-state index is 12.4. The molecule has 1 aliphatic carbocycles. The van der Waals surface area contributed by atoms with Gasteiger partial charge in [-0.15, -0.1) is 0 Å². The Morgan fingerprint density at radius 1 is 1.06 bits per heavy atom. The van der Waals surface area contributed by atoms with Crippen LogP contribution >= 0.6 is 0 Å². The van der Waals surface area contributed by atoms with Crippen molar-refractivity contribution in [3.05, 3.63) is 59.2 Å². The summed E-state index contributed by atoms with van der Waals surface area (Å²) in [6, 6.07) is 13.8. The summed E-state index contributed by atoms with van der Waals surface area (Å²) in [5.41, 5.74) is 4.50. The zero-order valence-electron chi connectivity index (χ0n) is 20.0. The van der Waals surface area contributed by atoms with Gasteiger partial charge in [-0.1, -0.05) is 74.9 Å². The molecule has 5 nitrogen and oxygen atoms in total. The third-order valence-corrected chi connectivity index (χ3v) is 7.24. The molecule has 180 valence electrons. The Hall–Kier alpha value is -2.18. The number of methoxy groups -OCH3 is 1. The van der Waals surface area contributed by atoms with Crippen LogP contribution in [0.3, 0.4) is 0 Å². The molecular formula is C27H36O5S. The Kier molecular flexibility index (Phi) is 9.10. The van der Waals surface area contributed by atoms with E-state index >= 15 is 0 Å². The van der Waals surface area contributed by atoms with Gasteiger partial charge in [0.05, 0.1) is 25.5 Å². The minimum atomic E-state index is -3.49. The number of rotatable bonds is 10. The number of carbonyl (C=O) groups is 1. The normalized spacial score (nSPS) is 15.8. The van der Waals surface area contributed by atoms with E-state index in [0.29, 0.717) is 12.0 Å². The summed E-state index contributed by atoms with van der Waals surface area (Å²) >= 11 is 0. The van der Waals surface area contributed by atoms with Gasteiger partial charge in [0.1, 0.15) is 0 Å². The maximum Gasteiger partial charge on any atom is 0.338 e. The van der Waals surface area contributed by atoms with Gasteiger partial charge in [-0.25, -0.2) is 4.79 Å². The number of hydrogen-bond donors (Lipinski definition) is 0. The molecule has 0 saturated heterocycles. The fraction of sp³-hybridized carbons (Fsp3) is 0.519. The second-order valence-electron chi connectivity index (χ2n) is 9.33. The monoisotopic (exact) mass is 472 g/mol. The van der Waals surface area contributed by atoms with E-state index in [1.807, 2.05) is 49.4 Å². The zero-order chi connectivity index (χ0) is 23.8. The smallest absolute Gasteiger partial charge is 0.338 e. The first-order valence-electron chi connectivity index (χ1n) is 11.9. The molecule has 2 aromatic carbocycles. The van der Waals surface area contributed by atoms with E-state index in [1.165, 1.54) is 39.2 Å². The van der Waals surface area contributed by atoms with E-state index in [4.69, 9.17) is 8.92 Å². The van der Waals surface area contributed by atoms with Crippen LogP contribution < -0.4 is 0 Å².